The molecule has 0 unspecified atom stereocenters. The van der Waals surface area contributed by atoms with E-state index < -0.39 is 0 Å². The number of ketones is 1. The number of Topliss-reactive ketones (excluding diaryl/α,β-unsaturated/α-hetero) is 1. The van der Waals surface area contributed by atoms with Crippen LogP contribution in [0, 0.1) is 0 Å². The first-order chi connectivity index (χ1) is 13.2. The molecule has 2 aliphatic rings. The third-order valence-corrected chi connectivity index (χ3v) is 5.14. The Balaban J connectivity index is 1.61. The van der Waals surface area contributed by atoms with Gasteiger partial charge in [-0.3, -0.25) is 4.79 Å². The van der Waals surface area contributed by atoms with E-state index in [0.717, 1.165) is 30.0 Å². The lowest BCUT2D eigenvalue weighted by Crippen LogP contribution is -3.08. The molecule has 0 radical (unpaired) electrons. The van der Waals surface area contributed by atoms with Crippen LogP contribution in [0.25, 0.3) is 6.08 Å². The van der Waals surface area contributed by atoms with Crippen LogP contribution in [0.4, 0.5) is 0 Å². The summed E-state index contributed by atoms with van der Waals surface area (Å²) < 4.78 is 11.4. The second-order valence-corrected chi connectivity index (χ2v) is 7.02. The van der Waals surface area contributed by atoms with Gasteiger partial charge in [0, 0.05) is 12.8 Å². The van der Waals surface area contributed by atoms with Crippen LogP contribution in [0.5, 0.6) is 17.2 Å². The highest BCUT2D eigenvalue weighted by atomic mass is 16.5. The number of fused-ring (bicyclic) bond motifs is 1. The summed E-state index contributed by atoms with van der Waals surface area (Å²) in [6.07, 6.45) is 4.14. The highest BCUT2D eigenvalue weighted by Gasteiger charge is 2.33. The normalized spacial score (nSPS) is 18.0. The maximum absolute atomic E-state index is 12.8. The molecule has 0 atom stereocenters. The van der Waals surface area contributed by atoms with Crippen molar-refractivity contribution in [3.8, 4) is 17.2 Å². The molecule has 0 amide bonds. The average Bonchev–Trinajstić information content (AvgIpc) is 3.28. The summed E-state index contributed by atoms with van der Waals surface area (Å²) in [5.74, 6) is 1.65. The number of phenolic OH excluding ortho intramolecular Hbond substituents is 1. The number of hydrogen-bond donors (Lipinski definition) is 2. The van der Waals surface area contributed by atoms with E-state index >= 15 is 0 Å². The quantitative estimate of drug-likeness (QED) is 0.799. The number of aromatic hydroxyl groups is 1. The molecule has 0 aromatic heterocycles. The monoisotopic (exact) mass is 366 g/mol. The minimum absolute atomic E-state index is 0.142. The van der Waals surface area contributed by atoms with Gasteiger partial charge in [-0.15, -0.1) is 0 Å². The van der Waals surface area contributed by atoms with Crippen molar-refractivity contribution in [2.45, 2.75) is 26.3 Å². The van der Waals surface area contributed by atoms with Crippen molar-refractivity contribution in [1.82, 2.24) is 0 Å². The zero-order chi connectivity index (χ0) is 18.8. The lowest BCUT2D eigenvalue weighted by Gasteiger charge is -2.15. The highest BCUT2D eigenvalue weighted by molar-refractivity contribution is 6.14. The van der Waals surface area contributed by atoms with Gasteiger partial charge < -0.3 is 19.5 Å². The third-order valence-electron chi connectivity index (χ3n) is 5.14. The van der Waals surface area contributed by atoms with Gasteiger partial charge in [-0.2, -0.15) is 0 Å². The number of allylic oxidation sites excluding steroid dienone is 1. The Morgan fingerprint density at radius 3 is 2.59 bits per heavy atom. The minimum atomic E-state index is -0.142. The van der Waals surface area contributed by atoms with E-state index in [1.54, 1.807) is 18.2 Å². The van der Waals surface area contributed by atoms with E-state index in [2.05, 4.69) is 0 Å². The summed E-state index contributed by atoms with van der Waals surface area (Å²) >= 11 is 0. The van der Waals surface area contributed by atoms with Crippen molar-refractivity contribution >= 4 is 11.9 Å². The van der Waals surface area contributed by atoms with Gasteiger partial charge in [-0.1, -0.05) is 12.1 Å². The zero-order valence-electron chi connectivity index (χ0n) is 15.5. The molecule has 4 rings (SSSR count). The summed E-state index contributed by atoms with van der Waals surface area (Å²) in [5, 5.41) is 10.3. The van der Waals surface area contributed by atoms with E-state index in [1.165, 1.54) is 17.7 Å². The van der Waals surface area contributed by atoms with E-state index in [-0.39, 0.29) is 17.3 Å². The summed E-state index contributed by atoms with van der Waals surface area (Å²) in [7, 11) is 0. The van der Waals surface area contributed by atoms with Crippen LogP contribution >= 0.6 is 0 Å². The Morgan fingerprint density at radius 1 is 1.15 bits per heavy atom. The molecule has 0 bridgehead atoms. The van der Waals surface area contributed by atoms with Gasteiger partial charge >= 0.3 is 0 Å². The topological polar surface area (TPSA) is 60.2 Å². The highest BCUT2D eigenvalue weighted by Crippen LogP contribution is 2.39. The second-order valence-electron chi connectivity index (χ2n) is 7.02. The van der Waals surface area contributed by atoms with E-state index in [1.807, 2.05) is 31.2 Å². The lowest BCUT2D eigenvalue weighted by molar-refractivity contribution is -0.901. The molecule has 2 aliphatic heterocycles. The maximum atomic E-state index is 12.8. The zero-order valence-corrected chi connectivity index (χ0v) is 15.5. The summed E-state index contributed by atoms with van der Waals surface area (Å²) in [5.41, 5.74) is 2.12. The van der Waals surface area contributed by atoms with Crippen molar-refractivity contribution in [3.05, 3.63) is 58.8 Å². The molecule has 140 valence electrons. The Labute approximate surface area is 158 Å². The molecule has 0 saturated carbocycles. The molecule has 0 aliphatic carbocycles. The number of ether oxygens (including phenoxy) is 2. The van der Waals surface area contributed by atoms with Gasteiger partial charge in [0.1, 0.15) is 18.0 Å². The predicted octanol–water partition coefficient (Wildman–Crippen LogP) is 2.59. The Bertz CT molecular complexity index is 880. The van der Waals surface area contributed by atoms with Gasteiger partial charge in [0.25, 0.3) is 0 Å². The Hall–Kier alpha value is -2.79. The number of benzene rings is 2. The van der Waals surface area contributed by atoms with Crippen molar-refractivity contribution in [1.29, 1.82) is 0 Å². The lowest BCUT2D eigenvalue weighted by atomic mass is 10.0. The van der Waals surface area contributed by atoms with Crippen LogP contribution in [0.15, 0.2) is 42.2 Å². The van der Waals surface area contributed by atoms with Crippen molar-refractivity contribution in [3.63, 3.8) is 0 Å². The van der Waals surface area contributed by atoms with Gasteiger partial charge in [-0.05, 0) is 42.8 Å². The SMILES string of the molecule is CCOc1ccc(/C=C2\Oc3c(ccc(O)c3C[NH+]3CCCC3)C2=O)cc1. The van der Waals surface area contributed by atoms with Crippen LogP contribution in [-0.4, -0.2) is 30.6 Å². The number of phenols is 1. The number of carbonyl (C=O) groups is 1. The predicted molar refractivity (Wildman–Crippen MR) is 102 cm³/mol. The number of nitrogens with one attached hydrogen (secondary N) is 1. The molecule has 0 spiro atoms. The fourth-order valence-electron chi connectivity index (χ4n) is 3.75. The fourth-order valence-corrected chi connectivity index (χ4v) is 3.75. The average molecular weight is 366 g/mol. The van der Waals surface area contributed by atoms with E-state index in [0.29, 0.717) is 24.5 Å². The molecule has 2 aromatic carbocycles. The number of quaternary nitrogens is 1. The molecule has 1 saturated heterocycles. The van der Waals surface area contributed by atoms with Gasteiger partial charge in [0.2, 0.25) is 5.78 Å². The van der Waals surface area contributed by atoms with Crippen LogP contribution < -0.4 is 14.4 Å². The fraction of sp³-hybridized carbons (Fsp3) is 0.318. The van der Waals surface area contributed by atoms with Crippen LogP contribution in [0.3, 0.4) is 0 Å². The first-order valence-electron chi connectivity index (χ1n) is 9.51. The molecule has 27 heavy (non-hydrogen) atoms. The second kappa shape index (κ2) is 7.45. The van der Waals surface area contributed by atoms with Crippen molar-refractivity contribution in [2.75, 3.05) is 19.7 Å². The Morgan fingerprint density at radius 2 is 1.89 bits per heavy atom. The standard InChI is InChI=1S/C22H23NO4/c1-2-26-16-7-5-15(6-8-16)13-20-21(25)17-9-10-19(24)18(22(17)27-20)14-23-11-3-4-12-23/h5-10,13,24H,2-4,11-12,14H2,1H3/p+1/b20-13-. The molecule has 1 fully saturated rings. The summed E-state index contributed by atoms with van der Waals surface area (Å²) in [6, 6.07) is 10.8. The van der Waals surface area contributed by atoms with E-state index in [4.69, 9.17) is 9.47 Å². The summed E-state index contributed by atoms with van der Waals surface area (Å²) in [4.78, 5) is 14.2. The van der Waals surface area contributed by atoms with Gasteiger partial charge in [0.05, 0.1) is 30.8 Å². The maximum Gasteiger partial charge on any atom is 0.231 e. The molecule has 2 aromatic rings. The number of rotatable bonds is 5. The number of hydrogen-bond acceptors (Lipinski definition) is 4. The molecule has 2 N–H and O–H groups in total. The van der Waals surface area contributed by atoms with Crippen LogP contribution in [-0.2, 0) is 6.54 Å². The largest absolute Gasteiger partial charge is 0.507 e. The first-order valence-corrected chi connectivity index (χ1v) is 9.51. The molecular formula is C22H24NO4+. The smallest absolute Gasteiger partial charge is 0.231 e. The molecule has 2 heterocycles. The third kappa shape index (κ3) is 3.55. The number of carbonyl (C=O) groups excluding carboxylic acids is 1. The van der Waals surface area contributed by atoms with E-state index in [9.17, 15) is 9.90 Å². The van der Waals surface area contributed by atoms with Crippen molar-refractivity contribution < 1.29 is 24.3 Å². The Kier molecular flexibility index (Phi) is 4.86. The minimum Gasteiger partial charge on any atom is -0.507 e. The van der Waals surface area contributed by atoms with Crippen LogP contribution in [0.1, 0.15) is 41.3 Å². The van der Waals surface area contributed by atoms with Gasteiger partial charge in [0.15, 0.2) is 11.5 Å². The number of likely N-dealkylation sites (tertiary alicyclic amines) is 1. The molecule has 5 heteroatoms. The first kappa shape index (κ1) is 17.6. The summed E-state index contributed by atoms with van der Waals surface area (Å²) in [6.45, 7) is 5.41. The molecule has 5 nitrogen and oxygen atoms in total. The van der Waals surface area contributed by atoms with Crippen LogP contribution in [0.2, 0.25) is 0 Å². The van der Waals surface area contributed by atoms with Crippen molar-refractivity contribution in [2.24, 2.45) is 0 Å². The van der Waals surface area contributed by atoms with Gasteiger partial charge in [-0.25, -0.2) is 0 Å². The molecular weight excluding hydrogens is 342 g/mol.